The van der Waals surface area contributed by atoms with Crippen molar-refractivity contribution in [3.8, 4) is 0 Å². The van der Waals surface area contributed by atoms with Crippen LogP contribution in [0.25, 0.3) is 0 Å². The predicted octanol–water partition coefficient (Wildman–Crippen LogP) is 0.338. The van der Waals surface area contributed by atoms with Crippen molar-refractivity contribution in [3.05, 3.63) is 11.9 Å². The number of H-pyrrole nitrogens is 1. The molecule has 0 bridgehead atoms. The molecule has 6 heteroatoms. The van der Waals surface area contributed by atoms with E-state index >= 15 is 0 Å². The normalized spacial score (nSPS) is 20.8. The number of rotatable bonds is 5. The Morgan fingerprint density at radius 2 is 2.50 bits per heavy atom. The van der Waals surface area contributed by atoms with Gasteiger partial charge in [-0.05, 0) is 26.4 Å². The lowest BCUT2D eigenvalue weighted by molar-refractivity contribution is -0.122. The van der Waals surface area contributed by atoms with Gasteiger partial charge >= 0.3 is 0 Å². The second-order valence-electron chi connectivity index (χ2n) is 4.90. The Bertz CT molecular complexity index is 365. The molecule has 1 unspecified atom stereocenters. The summed E-state index contributed by atoms with van der Waals surface area (Å²) in [6, 6.07) is 0.408. The highest BCUT2D eigenvalue weighted by molar-refractivity contribution is 5.76. The van der Waals surface area contributed by atoms with Crippen LogP contribution >= 0.6 is 0 Å². The summed E-state index contributed by atoms with van der Waals surface area (Å²) < 4.78 is 0. The van der Waals surface area contributed by atoms with Crippen LogP contribution in [-0.2, 0) is 11.2 Å². The zero-order valence-corrected chi connectivity index (χ0v) is 10.9. The molecule has 1 aliphatic heterocycles. The third kappa shape index (κ3) is 3.80. The molecule has 0 aliphatic carbocycles. The van der Waals surface area contributed by atoms with Gasteiger partial charge in [0, 0.05) is 25.4 Å². The molecule has 1 fully saturated rings. The summed E-state index contributed by atoms with van der Waals surface area (Å²) in [6.45, 7) is 1.73. The number of carbonyl (C=O) groups excluding carboxylic acids is 1. The highest BCUT2D eigenvalue weighted by Crippen LogP contribution is 2.17. The molecule has 0 aromatic carbocycles. The van der Waals surface area contributed by atoms with Gasteiger partial charge in [0.15, 0.2) is 0 Å². The fraction of sp³-hybridized carbons (Fsp3) is 0.750. The third-order valence-electron chi connectivity index (χ3n) is 3.51. The molecule has 2 heterocycles. The highest BCUT2D eigenvalue weighted by atomic mass is 16.1. The minimum absolute atomic E-state index is 0.136. The average Bonchev–Trinajstić information content (AvgIpc) is 2.85. The lowest BCUT2D eigenvalue weighted by Crippen LogP contribution is -2.40. The Labute approximate surface area is 107 Å². The maximum atomic E-state index is 11.8. The summed E-state index contributed by atoms with van der Waals surface area (Å²) in [5.74, 6) is 0.136. The van der Waals surface area contributed by atoms with Crippen LogP contribution in [0.15, 0.2) is 6.20 Å². The molecule has 1 aliphatic rings. The van der Waals surface area contributed by atoms with Crippen LogP contribution in [0.2, 0.25) is 0 Å². The van der Waals surface area contributed by atoms with Gasteiger partial charge in [0.1, 0.15) is 0 Å². The van der Waals surface area contributed by atoms with Crippen LogP contribution in [0.1, 0.15) is 31.4 Å². The van der Waals surface area contributed by atoms with Gasteiger partial charge in [0.25, 0.3) is 0 Å². The Morgan fingerprint density at radius 1 is 1.61 bits per heavy atom. The van der Waals surface area contributed by atoms with E-state index in [0.29, 0.717) is 19.0 Å². The van der Waals surface area contributed by atoms with E-state index in [1.54, 1.807) is 6.20 Å². The molecule has 1 aromatic rings. The van der Waals surface area contributed by atoms with Crippen molar-refractivity contribution >= 4 is 5.91 Å². The number of nitrogens with one attached hydrogen (secondary N) is 2. The number of carbonyl (C=O) groups is 1. The first-order valence-corrected chi connectivity index (χ1v) is 6.57. The summed E-state index contributed by atoms with van der Waals surface area (Å²) in [6.07, 6.45) is 6.63. The van der Waals surface area contributed by atoms with Crippen molar-refractivity contribution in [2.45, 2.75) is 38.1 Å². The Morgan fingerprint density at radius 3 is 3.22 bits per heavy atom. The summed E-state index contributed by atoms with van der Waals surface area (Å²) in [4.78, 5) is 14.1. The smallest absolute Gasteiger partial charge is 0.221 e. The van der Waals surface area contributed by atoms with Gasteiger partial charge in [-0.3, -0.25) is 4.79 Å². The lowest BCUT2D eigenvalue weighted by atomic mass is 10.00. The molecule has 1 atom stereocenters. The molecule has 0 spiro atoms. The number of likely N-dealkylation sites (tertiary alicyclic amines) is 1. The number of aromatic amines is 1. The molecule has 2 N–H and O–H groups in total. The molecule has 0 saturated carbocycles. The number of hydrogen-bond acceptors (Lipinski definition) is 4. The topological polar surface area (TPSA) is 73.9 Å². The third-order valence-corrected chi connectivity index (χ3v) is 3.51. The summed E-state index contributed by atoms with van der Waals surface area (Å²) in [7, 11) is 2.10. The van der Waals surface area contributed by atoms with Gasteiger partial charge in [-0.25, -0.2) is 0 Å². The van der Waals surface area contributed by atoms with Crippen LogP contribution in [0.4, 0.5) is 0 Å². The highest BCUT2D eigenvalue weighted by Gasteiger charge is 2.21. The molecule has 2 rings (SSSR count). The van der Waals surface area contributed by atoms with Gasteiger partial charge in [0.2, 0.25) is 5.91 Å². The van der Waals surface area contributed by atoms with Gasteiger partial charge < -0.3 is 10.2 Å². The molecule has 1 aromatic heterocycles. The monoisotopic (exact) mass is 251 g/mol. The van der Waals surface area contributed by atoms with E-state index in [2.05, 4.69) is 32.7 Å². The lowest BCUT2D eigenvalue weighted by Gasteiger charge is -2.31. The van der Waals surface area contributed by atoms with Crippen LogP contribution in [0.5, 0.6) is 0 Å². The zero-order valence-electron chi connectivity index (χ0n) is 10.9. The Balaban J connectivity index is 1.65. The van der Waals surface area contributed by atoms with E-state index in [9.17, 15) is 4.79 Å². The van der Waals surface area contributed by atoms with Gasteiger partial charge in [-0.2, -0.15) is 15.4 Å². The molecule has 1 amide bonds. The van der Waals surface area contributed by atoms with E-state index in [0.717, 1.165) is 25.1 Å². The number of amides is 1. The Kier molecular flexibility index (Phi) is 4.69. The second-order valence-corrected chi connectivity index (χ2v) is 4.90. The fourth-order valence-corrected chi connectivity index (χ4v) is 2.36. The maximum absolute atomic E-state index is 11.8. The van der Waals surface area contributed by atoms with Crippen LogP contribution in [0.3, 0.4) is 0 Å². The first-order chi connectivity index (χ1) is 8.75. The number of piperidine rings is 1. The molecule has 18 heavy (non-hydrogen) atoms. The van der Waals surface area contributed by atoms with Crippen LogP contribution in [0, 0.1) is 0 Å². The average molecular weight is 251 g/mol. The largest absolute Gasteiger partial charge is 0.356 e. The van der Waals surface area contributed by atoms with Crippen LogP contribution < -0.4 is 5.32 Å². The molecular weight excluding hydrogens is 230 g/mol. The van der Waals surface area contributed by atoms with Gasteiger partial charge in [-0.15, -0.1) is 0 Å². The van der Waals surface area contributed by atoms with Crippen molar-refractivity contribution in [2.24, 2.45) is 0 Å². The van der Waals surface area contributed by atoms with E-state index in [4.69, 9.17) is 0 Å². The molecule has 100 valence electrons. The van der Waals surface area contributed by atoms with Crippen molar-refractivity contribution in [1.29, 1.82) is 0 Å². The van der Waals surface area contributed by atoms with Crippen molar-refractivity contribution < 1.29 is 4.79 Å². The minimum Gasteiger partial charge on any atom is -0.356 e. The van der Waals surface area contributed by atoms with Crippen molar-refractivity contribution in [2.75, 3.05) is 20.1 Å². The predicted molar refractivity (Wildman–Crippen MR) is 68.0 cm³/mol. The zero-order chi connectivity index (χ0) is 12.8. The minimum atomic E-state index is 0.136. The van der Waals surface area contributed by atoms with Crippen molar-refractivity contribution in [1.82, 2.24) is 25.6 Å². The SMILES string of the molecule is CN1CCCCC1CC(=O)NCCc1cn[nH]n1. The molecule has 1 saturated heterocycles. The quantitative estimate of drug-likeness (QED) is 0.791. The number of nitrogens with zero attached hydrogens (tertiary/aromatic N) is 3. The first-order valence-electron chi connectivity index (χ1n) is 6.57. The maximum Gasteiger partial charge on any atom is 0.221 e. The fourth-order valence-electron chi connectivity index (χ4n) is 2.36. The second kappa shape index (κ2) is 6.49. The van der Waals surface area contributed by atoms with Gasteiger partial charge in [-0.1, -0.05) is 6.42 Å². The van der Waals surface area contributed by atoms with Crippen LogP contribution in [-0.4, -0.2) is 52.4 Å². The molecular formula is C12H21N5O. The van der Waals surface area contributed by atoms with E-state index in [1.165, 1.54) is 12.8 Å². The standard InChI is InChI=1S/C12H21N5O/c1-17-7-3-2-4-11(17)8-12(18)13-6-5-10-9-14-16-15-10/h9,11H,2-8H2,1H3,(H,13,18)(H,14,15,16). The van der Waals surface area contributed by atoms with E-state index < -0.39 is 0 Å². The summed E-state index contributed by atoms with van der Waals surface area (Å²) in [5, 5.41) is 13.2. The van der Waals surface area contributed by atoms with Crippen molar-refractivity contribution in [3.63, 3.8) is 0 Å². The number of aromatic nitrogens is 3. The summed E-state index contributed by atoms with van der Waals surface area (Å²) >= 11 is 0. The molecule has 6 nitrogen and oxygen atoms in total. The number of hydrogen-bond donors (Lipinski definition) is 2. The van der Waals surface area contributed by atoms with E-state index in [1.807, 2.05) is 0 Å². The molecule has 0 radical (unpaired) electrons. The Hall–Kier alpha value is -1.43. The van der Waals surface area contributed by atoms with Gasteiger partial charge in [0.05, 0.1) is 11.9 Å². The summed E-state index contributed by atoms with van der Waals surface area (Å²) in [5.41, 5.74) is 0.880. The first kappa shape index (κ1) is 13.0. The van der Waals surface area contributed by atoms with E-state index in [-0.39, 0.29) is 5.91 Å².